The molecule has 0 unspecified atom stereocenters. The van der Waals surface area contributed by atoms with Crippen LogP contribution in [0.15, 0.2) is 17.0 Å². The summed E-state index contributed by atoms with van der Waals surface area (Å²) in [5.41, 5.74) is -0.335. The summed E-state index contributed by atoms with van der Waals surface area (Å²) in [4.78, 5) is 10.9. The van der Waals surface area contributed by atoms with E-state index in [2.05, 4.69) is 4.74 Å². The molecule has 0 saturated heterocycles. The minimum absolute atomic E-state index is 0.105. The maximum Gasteiger partial charge on any atom is 0.341 e. The minimum atomic E-state index is -4.15. The highest BCUT2D eigenvalue weighted by Gasteiger charge is 2.23. The van der Waals surface area contributed by atoms with Gasteiger partial charge < -0.3 is 9.47 Å². The van der Waals surface area contributed by atoms with E-state index in [0.717, 1.165) is 13.2 Å². The summed E-state index contributed by atoms with van der Waals surface area (Å²) < 4.78 is 45.3. The minimum Gasteiger partial charge on any atom is -0.490 e. The second kappa shape index (κ2) is 5.53. The van der Waals surface area contributed by atoms with Crippen molar-refractivity contribution in [1.82, 2.24) is 0 Å². The van der Waals surface area contributed by atoms with Crippen LogP contribution in [0.2, 0.25) is 0 Å². The van der Waals surface area contributed by atoms with Gasteiger partial charge in [0.25, 0.3) is 9.05 Å². The van der Waals surface area contributed by atoms with Crippen LogP contribution in [0.4, 0.5) is 4.39 Å². The van der Waals surface area contributed by atoms with Crippen LogP contribution in [0.5, 0.6) is 5.75 Å². The van der Waals surface area contributed by atoms with Crippen LogP contribution in [0.1, 0.15) is 17.3 Å². The Morgan fingerprint density at radius 3 is 2.50 bits per heavy atom. The average molecular weight is 297 g/mol. The van der Waals surface area contributed by atoms with Crippen molar-refractivity contribution in [2.45, 2.75) is 11.8 Å². The number of hydrogen-bond donors (Lipinski definition) is 0. The van der Waals surface area contributed by atoms with Gasteiger partial charge in [-0.15, -0.1) is 0 Å². The maximum atomic E-state index is 13.7. The number of rotatable bonds is 4. The molecule has 8 heteroatoms. The van der Waals surface area contributed by atoms with E-state index in [-0.39, 0.29) is 17.9 Å². The first-order valence-corrected chi connectivity index (χ1v) is 7.11. The van der Waals surface area contributed by atoms with Gasteiger partial charge in [0, 0.05) is 10.7 Å². The molecule has 5 nitrogen and oxygen atoms in total. The first-order valence-electron chi connectivity index (χ1n) is 4.80. The molecule has 1 rings (SSSR count). The lowest BCUT2D eigenvalue weighted by atomic mass is 10.2. The summed E-state index contributed by atoms with van der Waals surface area (Å²) >= 11 is 0. The molecule has 0 heterocycles. The van der Waals surface area contributed by atoms with Gasteiger partial charge in [-0.3, -0.25) is 0 Å². The van der Waals surface area contributed by atoms with Gasteiger partial charge >= 0.3 is 5.97 Å². The molecule has 100 valence electrons. The van der Waals surface area contributed by atoms with Crippen LogP contribution in [-0.4, -0.2) is 28.1 Å². The zero-order chi connectivity index (χ0) is 13.9. The lowest BCUT2D eigenvalue weighted by Crippen LogP contribution is -2.09. The highest BCUT2D eigenvalue weighted by Crippen LogP contribution is 2.29. The van der Waals surface area contributed by atoms with E-state index in [4.69, 9.17) is 15.4 Å². The maximum absolute atomic E-state index is 13.7. The van der Waals surface area contributed by atoms with E-state index in [1.54, 1.807) is 6.92 Å². The lowest BCUT2D eigenvalue weighted by molar-refractivity contribution is 0.0595. The molecule has 0 aliphatic carbocycles. The third-order valence-corrected chi connectivity index (χ3v) is 3.33. The smallest absolute Gasteiger partial charge is 0.341 e. The van der Waals surface area contributed by atoms with Crippen molar-refractivity contribution >= 4 is 25.7 Å². The molecular weight excluding hydrogens is 287 g/mol. The number of halogens is 2. The van der Waals surface area contributed by atoms with E-state index < -0.39 is 25.7 Å². The van der Waals surface area contributed by atoms with E-state index in [1.807, 2.05) is 0 Å². The molecule has 1 aromatic rings. The molecule has 0 spiro atoms. The summed E-state index contributed by atoms with van der Waals surface area (Å²) in [5, 5.41) is 0. The predicted octanol–water partition coefficient (Wildman–Crippen LogP) is 1.94. The van der Waals surface area contributed by atoms with Gasteiger partial charge in [0.15, 0.2) is 11.6 Å². The van der Waals surface area contributed by atoms with Crippen molar-refractivity contribution in [1.29, 1.82) is 0 Å². The van der Waals surface area contributed by atoms with Crippen LogP contribution in [0.3, 0.4) is 0 Å². The van der Waals surface area contributed by atoms with Crippen molar-refractivity contribution < 1.29 is 27.1 Å². The molecule has 0 radical (unpaired) electrons. The lowest BCUT2D eigenvalue weighted by Gasteiger charge is -2.10. The Labute approximate surface area is 108 Å². The molecule has 0 N–H and O–H groups in total. The molecule has 1 aromatic carbocycles. The van der Waals surface area contributed by atoms with E-state index in [1.165, 1.54) is 0 Å². The topological polar surface area (TPSA) is 69.7 Å². The van der Waals surface area contributed by atoms with Crippen LogP contribution in [0.25, 0.3) is 0 Å². The Kier molecular flexibility index (Phi) is 4.53. The normalized spacial score (nSPS) is 11.1. The van der Waals surface area contributed by atoms with Crippen LogP contribution in [-0.2, 0) is 13.8 Å². The third-order valence-electron chi connectivity index (χ3n) is 1.99. The summed E-state index contributed by atoms with van der Waals surface area (Å²) in [6.07, 6.45) is 0. The van der Waals surface area contributed by atoms with Gasteiger partial charge in [-0.05, 0) is 19.1 Å². The highest BCUT2D eigenvalue weighted by atomic mass is 35.7. The SMILES string of the molecule is CCOc1c(F)cc(S(=O)(=O)Cl)cc1C(=O)OC. The average Bonchev–Trinajstić information content (AvgIpc) is 2.29. The molecule has 0 atom stereocenters. The zero-order valence-electron chi connectivity index (χ0n) is 9.57. The first kappa shape index (κ1) is 14.7. The largest absolute Gasteiger partial charge is 0.490 e. The molecule has 0 saturated carbocycles. The molecule has 0 fully saturated rings. The van der Waals surface area contributed by atoms with Gasteiger partial charge in [-0.25, -0.2) is 17.6 Å². The predicted molar refractivity (Wildman–Crippen MR) is 61.9 cm³/mol. The number of benzene rings is 1. The van der Waals surface area contributed by atoms with Gasteiger partial charge in [0.2, 0.25) is 0 Å². The zero-order valence-corrected chi connectivity index (χ0v) is 11.1. The molecule has 0 amide bonds. The molecule has 0 aromatic heterocycles. The fraction of sp³-hybridized carbons (Fsp3) is 0.300. The Morgan fingerprint density at radius 1 is 1.44 bits per heavy atom. The van der Waals surface area contributed by atoms with Crippen molar-refractivity contribution in [3.63, 3.8) is 0 Å². The third kappa shape index (κ3) is 3.11. The monoisotopic (exact) mass is 296 g/mol. The van der Waals surface area contributed by atoms with Gasteiger partial charge in [0.1, 0.15) is 5.56 Å². The van der Waals surface area contributed by atoms with Crippen molar-refractivity contribution in [3.05, 3.63) is 23.5 Å². The van der Waals surface area contributed by atoms with Crippen molar-refractivity contribution in [2.75, 3.05) is 13.7 Å². The Balaban J connectivity index is 3.51. The fourth-order valence-corrected chi connectivity index (χ4v) is 2.03. The number of esters is 1. The summed E-state index contributed by atoms with van der Waals surface area (Å²) in [6, 6.07) is 1.59. The Bertz CT molecular complexity index is 570. The second-order valence-electron chi connectivity index (χ2n) is 3.14. The van der Waals surface area contributed by atoms with Gasteiger partial charge in [0.05, 0.1) is 18.6 Å². The van der Waals surface area contributed by atoms with Crippen molar-refractivity contribution in [2.24, 2.45) is 0 Å². The Hall–Kier alpha value is -1.34. The van der Waals surface area contributed by atoms with E-state index in [9.17, 15) is 17.6 Å². The van der Waals surface area contributed by atoms with Gasteiger partial charge in [-0.1, -0.05) is 0 Å². The number of carbonyl (C=O) groups excluding carboxylic acids is 1. The number of hydrogen-bond acceptors (Lipinski definition) is 5. The molecule has 0 aliphatic rings. The summed E-state index contributed by atoms with van der Waals surface area (Å²) in [5.74, 6) is -2.29. The standard InChI is InChI=1S/C10H10ClFO5S/c1-3-17-9-7(10(13)16-2)4-6(5-8(9)12)18(11,14)15/h4-5H,3H2,1-2H3. The van der Waals surface area contributed by atoms with Crippen LogP contribution >= 0.6 is 10.7 Å². The van der Waals surface area contributed by atoms with Crippen LogP contribution < -0.4 is 4.74 Å². The molecular formula is C10H10ClFO5S. The van der Waals surface area contributed by atoms with Gasteiger partial charge in [-0.2, -0.15) is 0 Å². The molecule has 0 bridgehead atoms. The molecule has 18 heavy (non-hydrogen) atoms. The highest BCUT2D eigenvalue weighted by molar-refractivity contribution is 8.13. The van der Waals surface area contributed by atoms with Crippen molar-refractivity contribution in [3.8, 4) is 5.75 Å². The quantitative estimate of drug-likeness (QED) is 0.627. The number of carbonyl (C=O) groups is 1. The van der Waals surface area contributed by atoms with E-state index >= 15 is 0 Å². The second-order valence-corrected chi connectivity index (χ2v) is 5.71. The van der Waals surface area contributed by atoms with Crippen LogP contribution in [0, 0.1) is 5.82 Å². The number of methoxy groups -OCH3 is 1. The fourth-order valence-electron chi connectivity index (χ4n) is 1.26. The molecule has 0 aliphatic heterocycles. The summed E-state index contributed by atoms with van der Waals surface area (Å²) in [7, 11) is 2.02. The Morgan fingerprint density at radius 2 is 2.06 bits per heavy atom. The van der Waals surface area contributed by atoms with E-state index in [0.29, 0.717) is 6.07 Å². The summed E-state index contributed by atoms with van der Waals surface area (Å²) in [6.45, 7) is 1.70. The number of ether oxygens (including phenoxy) is 2. The first-order chi connectivity index (χ1) is 8.31.